The molecule has 0 radical (unpaired) electrons. The second kappa shape index (κ2) is 3.51. The maximum atomic E-state index is 8.69. The molecule has 0 saturated heterocycles. The molecule has 0 amide bonds. The molecular weight excluding hydrogens is 196 g/mol. The molecule has 0 atom stereocenters. The van der Waals surface area contributed by atoms with E-state index >= 15 is 0 Å². The van der Waals surface area contributed by atoms with Crippen molar-refractivity contribution in [1.29, 1.82) is 5.26 Å². The molecule has 1 fully saturated rings. The molecule has 3 heteroatoms. The van der Waals surface area contributed by atoms with E-state index < -0.39 is 0 Å². The zero-order chi connectivity index (χ0) is 10.1. The zero-order valence-electron chi connectivity index (χ0n) is 8.00. The number of rotatable bonds is 2. The Balaban J connectivity index is 2.30. The average molecular weight is 207 g/mol. The van der Waals surface area contributed by atoms with E-state index in [1.165, 1.54) is 12.8 Å². The van der Waals surface area contributed by atoms with Gasteiger partial charge in [0.25, 0.3) is 0 Å². The summed E-state index contributed by atoms with van der Waals surface area (Å²) in [6, 6.07) is 8.15. The van der Waals surface area contributed by atoms with E-state index in [4.69, 9.17) is 16.9 Å². The fourth-order valence-corrected chi connectivity index (χ4v) is 1.83. The molecule has 1 aromatic rings. The van der Waals surface area contributed by atoms with Crippen molar-refractivity contribution in [1.82, 2.24) is 0 Å². The lowest BCUT2D eigenvalue weighted by molar-refractivity contribution is 0.917. The molecule has 1 aliphatic carbocycles. The second-order valence-corrected chi connectivity index (χ2v) is 4.03. The van der Waals surface area contributed by atoms with Gasteiger partial charge in [0, 0.05) is 13.1 Å². The Morgan fingerprint density at radius 3 is 2.71 bits per heavy atom. The zero-order valence-corrected chi connectivity index (χ0v) is 8.75. The van der Waals surface area contributed by atoms with E-state index in [0.717, 1.165) is 5.69 Å². The maximum absolute atomic E-state index is 8.69. The lowest BCUT2D eigenvalue weighted by atomic mass is 10.2. The number of hydrogen-bond donors (Lipinski definition) is 0. The van der Waals surface area contributed by atoms with Crippen molar-refractivity contribution in [3.63, 3.8) is 0 Å². The lowest BCUT2D eigenvalue weighted by Gasteiger charge is -2.19. The Morgan fingerprint density at radius 2 is 2.21 bits per heavy atom. The molecule has 72 valence electrons. The summed E-state index contributed by atoms with van der Waals surface area (Å²) in [6.45, 7) is 0. The van der Waals surface area contributed by atoms with E-state index in [9.17, 15) is 0 Å². The van der Waals surface area contributed by atoms with E-state index in [-0.39, 0.29) is 0 Å². The van der Waals surface area contributed by atoms with Crippen LogP contribution >= 0.6 is 11.6 Å². The van der Waals surface area contributed by atoms with Gasteiger partial charge in [-0.3, -0.25) is 0 Å². The van der Waals surface area contributed by atoms with Crippen LogP contribution in [0.5, 0.6) is 0 Å². The van der Waals surface area contributed by atoms with Gasteiger partial charge in [-0.25, -0.2) is 0 Å². The van der Waals surface area contributed by atoms with E-state index in [1.807, 2.05) is 13.1 Å². The average Bonchev–Trinajstić information content (AvgIpc) is 3.00. The van der Waals surface area contributed by atoms with Crippen molar-refractivity contribution >= 4 is 17.3 Å². The summed E-state index contributed by atoms with van der Waals surface area (Å²) < 4.78 is 0. The standard InChI is InChI=1S/C11H11ClN2/c1-14(9-3-4-9)11-5-2-8(7-13)6-10(11)12/h2,5-6,9H,3-4H2,1H3. The SMILES string of the molecule is CN(c1ccc(C#N)cc1Cl)C1CC1. The third-order valence-corrected chi connectivity index (χ3v) is 2.85. The highest BCUT2D eigenvalue weighted by Crippen LogP contribution is 2.34. The second-order valence-electron chi connectivity index (χ2n) is 3.62. The summed E-state index contributed by atoms with van der Waals surface area (Å²) in [5.41, 5.74) is 1.64. The molecule has 14 heavy (non-hydrogen) atoms. The number of nitriles is 1. The summed E-state index contributed by atoms with van der Waals surface area (Å²) in [5.74, 6) is 0. The highest BCUT2D eigenvalue weighted by atomic mass is 35.5. The Morgan fingerprint density at radius 1 is 1.50 bits per heavy atom. The van der Waals surface area contributed by atoms with Gasteiger partial charge in [-0.1, -0.05) is 11.6 Å². The lowest BCUT2D eigenvalue weighted by Crippen LogP contribution is -2.19. The molecule has 0 spiro atoms. The minimum atomic E-state index is 0.614. The first-order valence-corrected chi connectivity index (χ1v) is 5.02. The summed E-state index contributed by atoms with van der Waals surface area (Å²) in [6.07, 6.45) is 2.49. The number of halogens is 1. The maximum Gasteiger partial charge on any atom is 0.0992 e. The van der Waals surface area contributed by atoms with Crippen LogP contribution in [0.15, 0.2) is 18.2 Å². The fraction of sp³-hybridized carbons (Fsp3) is 0.364. The minimum Gasteiger partial charge on any atom is -0.370 e. The predicted molar refractivity (Wildman–Crippen MR) is 57.6 cm³/mol. The van der Waals surface area contributed by atoms with Crippen LogP contribution < -0.4 is 4.90 Å². The first-order chi connectivity index (χ1) is 6.72. The van der Waals surface area contributed by atoms with Gasteiger partial charge in [-0.2, -0.15) is 5.26 Å². The Kier molecular flexibility index (Phi) is 2.35. The Labute approximate surface area is 88.7 Å². The first kappa shape index (κ1) is 9.36. The van der Waals surface area contributed by atoms with Crippen LogP contribution in [0.2, 0.25) is 5.02 Å². The molecule has 2 nitrogen and oxygen atoms in total. The summed E-state index contributed by atoms with van der Waals surface area (Å²) in [5, 5.41) is 9.36. The van der Waals surface area contributed by atoms with Crippen LogP contribution in [0, 0.1) is 11.3 Å². The van der Waals surface area contributed by atoms with E-state index in [1.54, 1.807) is 12.1 Å². The fourth-order valence-electron chi connectivity index (χ4n) is 1.52. The molecular formula is C11H11ClN2. The molecule has 0 aromatic heterocycles. The number of anilines is 1. The quantitative estimate of drug-likeness (QED) is 0.744. The van der Waals surface area contributed by atoms with Crippen LogP contribution in [0.1, 0.15) is 18.4 Å². The third kappa shape index (κ3) is 1.69. The van der Waals surface area contributed by atoms with Crippen LogP contribution in [0.4, 0.5) is 5.69 Å². The van der Waals surface area contributed by atoms with Crippen molar-refractivity contribution in [3.05, 3.63) is 28.8 Å². The van der Waals surface area contributed by atoms with Crippen molar-refractivity contribution < 1.29 is 0 Å². The molecule has 0 aliphatic heterocycles. The van der Waals surface area contributed by atoms with Crippen molar-refractivity contribution in [2.75, 3.05) is 11.9 Å². The van der Waals surface area contributed by atoms with Crippen molar-refractivity contribution in [2.24, 2.45) is 0 Å². The third-order valence-electron chi connectivity index (χ3n) is 2.55. The predicted octanol–water partition coefficient (Wildman–Crippen LogP) is 2.81. The van der Waals surface area contributed by atoms with Gasteiger partial charge in [0.1, 0.15) is 0 Å². The van der Waals surface area contributed by atoms with E-state index in [2.05, 4.69) is 11.0 Å². The van der Waals surface area contributed by atoms with Gasteiger partial charge in [-0.05, 0) is 31.0 Å². The summed E-state index contributed by atoms with van der Waals surface area (Å²) in [4.78, 5) is 2.18. The van der Waals surface area contributed by atoms with E-state index in [0.29, 0.717) is 16.6 Å². The molecule has 0 heterocycles. The van der Waals surface area contributed by atoms with Gasteiger partial charge in [0.05, 0.1) is 22.3 Å². The normalized spacial score (nSPS) is 14.9. The van der Waals surface area contributed by atoms with Crippen molar-refractivity contribution in [3.8, 4) is 6.07 Å². The van der Waals surface area contributed by atoms with Crippen molar-refractivity contribution in [2.45, 2.75) is 18.9 Å². The molecule has 0 unspecified atom stereocenters. The van der Waals surface area contributed by atoms with Crippen LogP contribution in [-0.4, -0.2) is 13.1 Å². The van der Waals surface area contributed by atoms with Gasteiger partial charge >= 0.3 is 0 Å². The summed E-state index contributed by atoms with van der Waals surface area (Å²) >= 11 is 6.08. The topological polar surface area (TPSA) is 27.0 Å². The Bertz CT molecular complexity index is 391. The largest absolute Gasteiger partial charge is 0.370 e. The highest BCUT2D eigenvalue weighted by molar-refractivity contribution is 6.33. The van der Waals surface area contributed by atoms with Gasteiger partial charge in [0.15, 0.2) is 0 Å². The molecule has 0 bridgehead atoms. The monoisotopic (exact) mass is 206 g/mol. The number of benzene rings is 1. The number of hydrogen-bond acceptors (Lipinski definition) is 2. The van der Waals surface area contributed by atoms with Gasteiger partial charge in [-0.15, -0.1) is 0 Å². The van der Waals surface area contributed by atoms with Crippen LogP contribution in [-0.2, 0) is 0 Å². The van der Waals surface area contributed by atoms with Gasteiger partial charge in [0.2, 0.25) is 0 Å². The van der Waals surface area contributed by atoms with Crippen LogP contribution in [0.3, 0.4) is 0 Å². The molecule has 0 N–H and O–H groups in total. The first-order valence-electron chi connectivity index (χ1n) is 4.65. The minimum absolute atomic E-state index is 0.614. The van der Waals surface area contributed by atoms with Crippen LogP contribution in [0.25, 0.3) is 0 Å². The molecule has 1 aliphatic rings. The Hall–Kier alpha value is -1.20. The summed E-state index contributed by atoms with van der Waals surface area (Å²) in [7, 11) is 2.05. The smallest absolute Gasteiger partial charge is 0.0992 e. The highest BCUT2D eigenvalue weighted by Gasteiger charge is 2.27. The van der Waals surface area contributed by atoms with Gasteiger partial charge < -0.3 is 4.90 Å². The number of nitrogens with zero attached hydrogens (tertiary/aromatic N) is 2. The molecule has 2 rings (SSSR count). The molecule has 1 aromatic carbocycles. The molecule has 1 saturated carbocycles.